The number of nitrogens with zero attached hydrogens (tertiary/aromatic N) is 3. The number of halogens is 1. The number of amides is 2. The van der Waals surface area contributed by atoms with Crippen LogP contribution in [0.3, 0.4) is 0 Å². The van der Waals surface area contributed by atoms with Gasteiger partial charge in [0.15, 0.2) is 23.0 Å². The zero-order valence-electron chi connectivity index (χ0n) is 30.0. The van der Waals surface area contributed by atoms with Gasteiger partial charge in [-0.3, -0.25) is 9.59 Å². The number of carbonyl (C=O) groups is 3. The highest BCUT2D eigenvalue weighted by Gasteiger charge is 2.22. The number of pyridine rings is 1. The van der Waals surface area contributed by atoms with Gasteiger partial charge in [0.2, 0.25) is 0 Å². The molecule has 14 heteroatoms. The van der Waals surface area contributed by atoms with E-state index in [0.29, 0.717) is 65.4 Å². The number of ether oxygens (including phenoxy) is 3. The second kappa shape index (κ2) is 16.8. The molecule has 4 N–H and O–H groups in total. The molecule has 0 aliphatic heterocycles. The number of methoxy groups -OCH3 is 3. The standard InChI is InChI=1S/C27H29N5O4.C12H12FNO3/c1-27(2,13-15-29-26(34)24-31-20-6-5-14-28-23(20)32-24)18-8-10-19(11-9-18)30-25(33)17-7-12-21(35-3)22(16-17)36-4;1-17-5-4-14-7-10(12(15)16)9-6-8(13)2-3-11(9)14/h5-12,14,16H,13,15H2,1-4H3,(H,29,34)(H,30,33)(H,28,31,32);2-3,6-7H,4-5H2,1H3,(H,15,16). The van der Waals surface area contributed by atoms with Crippen molar-refractivity contribution in [2.75, 3.05) is 39.8 Å². The molecule has 0 radical (unpaired) electrons. The number of aromatic carboxylic acids is 1. The molecule has 3 aromatic carbocycles. The molecule has 3 aromatic heterocycles. The largest absolute Gasteiger partial charge is 0.493 e. The normalized spacial score (nSPS) is 11.1. The van der Waals surface area contributed by atoms with Gasteiger partial charge in [0.05, 0.1) is 31.9 Å². The molecule has 0 fully saturated rings. The Morgan fingerprint density at radius 2 is 1.70 bits per heavy atom. The van der Waals surface area contributed by atoms with Crippen molar-refractivity contribution in [2.24, 2.45) is 0 Å². The van der Waals surface area contributed by atoms with E-state index in [1.807, 2.05) is 30.3 Å². The number of nitrogens with one attached hydrogen (secondary N) is 3. The first kappa shape index (κ1) is 38.0. The fourth-order valence-electron chi connectivity index (χ4n) is 5.67. The first-order chi connectivity index (χ1) is 25.4. The Kier molecular flexibility index (Phi) is 12.1. The maximum Gasteiger partial charge on any atom is 0.337 e. The Morgan fingerprint density at radius 1 is 0.943 bits per heavy atom. The Bertz CT molecular complexity index is 2200. The van der Waals surface area contributed by atoms with Crippen LogP contribution in [0.5, 0.6) is 11.5 Å². The third-order valence-electron chi connectivity index (χ3n) is 8.69. The minimum absolute atomic E-state index is 0.107. The van der Waals surface area contributed by atoms with Crippen molar-refractivity contribution >= 4 is 45.5 Å². The summed E-state index contributed by atoms with van der Waals surface area (Å²) in [5.41, 5.74) is 4.08. The molecular formula is C39H41FN6O7. The summed E-state index contributed by atoms with van der Waals surface area (Å²) in [7, 11) is 4.65. The second-order valence-electron chi connectivity index (χ2n) is 12.6. The highest BCUT2D eigenvalue weighted by molar-refractivity contribution is 6.05. The fraction of sp³-hybridized carbons (Fsp3) is 0.256. The molecule has 0 spiro atoms. The van der Waals surface area contributed by atoms with Gasteiger partial charge in [0, 0.05) is 54.7 Å². The highest BCUT2D eigenvalue weighted by Crippen LogP contribution is 2.30. The van der Waals surface area contributed by atoms with Crippen LogP contribution >= 0.6 is 0 Å². The average molecular weight is 725 g/mol. The van der Waals surface area contributed by atoms with Crippen molar-refractivity contribution in [3.63, 3.8) is 0 Å². The van der Waals surface area contributed by atoms with E-state index >= 15 is 0 Å². The van der Waals surface area contributed by atoms with Gasteiger partial charge in [0.1, 0.15) is 5.82 Å². The van der Waals surface area contributed by atoms with Crippen molar-refractivity contribution in [1.82, 2.24) is 24.8 Å². The van der Waals surface area contributed by atoms with E-state index in [2.05, 4.69) is 39.4 Å². The number of rotatable bonds is 13. The number of H-pyrrole nitrogens is 1. The van der Waals surface area contributed by atoms with E-state index < -0.39 is 11.8 Å². The Balaban J connectivity index is 0.000000265. The molecular weight excluding hydrogens is 683 g/mol. The van der Waals surface area contributed by atoms with Crippen molar-refractivity contribution < 1.29 is 38.1 Å². The monoisotopic (exact) mass is 724 g/mol. The predicted molar refractivity (Wildman–Crippen MR) is 199 cm³/mol. The molecule has 276 valence electrons. The number of benzene rings is 3. The van der Waals surface area contributed by atoms with Crippen LogP contribution < -0.4 is 20.1 Å². The van der Waals surface area contributed by atoms with Gasteiger partial charge in [0.25, 0.3) is 11.8 Å². The lowest BCUT2D eigenvalue weighted by Gasteiger charge is -2.25. The zero-order chi connectivity index (χ0) is 38.1. The van der Waals surface area contributed by atoms with E-state index in [4.69, 9.17) is 19.3 Å². The molecule has 0 bridgehead atoms. The van der Waals surface area contributed by atoms with Crippen LogP contribution in [-0.4, -0.2) is 76.9 Å². The van der Waals surface area contributed by atoms with Crippen molar-refractivity contribution in [3.8, 4) is 11.5 Å². The van der Waals surface area contributed by atoms with Crippen LogP contribution in [0, 0.1) is 5.82 Å². The van der Waals surface area contributed by atoms with Gasteiger partial charge in [-0.2, -0.15) is 0 Å². The van der Waals surface area contributed by atoms with Gasteiger partial charge in [-0.25, -0.2) is 19.2 Å². The van der Waals surface area contributed by atoms with Crippen LogP contribution in [0.25, 0.3) is 22.1 Å². The topological polar surface area (TPSA) is 170 Å². The van der Waals surface area contributed by atoms with E-state index in [-0.39, 0.29) is 28.6 Å². The van der Waals surface area contributed by atoms with E-state index in [1.165, 1.54) is 25.4 Å². The molecule has 0 saturated heterocycles. The van der Waals surface area contributed by atoms with Crippen LogP contribution in [0.2, 0.25) is 0 Å². The summed E-state index contributed by atoms with van der Waals surface area (Å²) < 4.78 is 30.3. The number of carboxylic acid groups (broad SMARTS) is 1. The Hall–Kier alpha value is -6.28. The Morgan fingerprint density at radius 3 is 2.38 bits per heavy atom. The minimum Gasteiger partial charge on any atom is -0.493 e. The molecule has 6 aromatic rings. The number of carboxylic acids is 1. The van der Waals surface area contributed by atoms with E-state index in [1.54, 1.807) is 55.3 Å². The molecule has 0 atom stereocenters. The van der Waals surface area contributed by atoms with Crippen LogP contribution in [0.1, 0.15) is 57.2 Å². The summed E-state index contributed by atoms with van der Waals surface area (Å²) in [6.07, 6.45) is 3.86. The number of imidazole rings is 1. The zero-order valence-corrected chi connectivity index (χ0v) is 30.0. The van der Waals surface area contributed by atoms with Gasteiger partial charge >= 0.3 is 5.97 Å². The summed E-state index contributed by atoms with van der Waals surface area (Å²) in [6.45, 7) is 5.71. The molecule has 0 unspecified atom stereocenters. The summed E-state index contributed by atoms with van der Waals surface area (Å²) in [6, 6.07) is 20.5. The SMILES string of the molecule is COCCn1cc(C(=O)O)c2cc(F)ccc21.COc1ccc(C(=O)Nc2ccc(C(C)(C)CCNC(=O)c3nc4ncccc4[nH]3)cc2)cc1OC. The molecule has 0 aliphatic carbocycles. The molecule has 0 saturated carbocycles. The summed E-state index contributed by atoms with van der Waals surface area (Å²) in [5.74, 6) is -0.710. The fourth-order valence-corrected chi connectivity index (χ4v) is 5.67. The highest BCUT2D eigenvalue weighted by atomic mass is 19.1. The molecule has 0 aliphatic rings. The number of anilines is 1. The number of aromatic amines is 1. The number of hydrogen-bond acceptors (Lipinski definition) is 8. The molecule has 6 rings (SSSR count). The van der Waals surface area contributed by atoms with Crippen LogP contribution in [0.4, 0.5) is 10.1 Å². The molecule has 3 heterocycles. The van der Waals surface area contributed by atoms with Gasteiger partial charge in [-0.1, -0.05) is 26.0 Å². The van der Waals surface area contributed by atoms with Crippen molar-refractivity contribution in [1.29, 1.82) is 0 Å². The van der Waals surface area contributed by atoms with Crippen molar-refractivity contribution in [3.05, 3.63) is 114 Å². The number of carbonyl (C=O) groups excluding carboxylic acids is 2. The predicted octanol–water partition coefficient (Wildman–Crippen LogP) is 6.45. The maximum absolute atomic E-state index is 13.1. The summed E-state index contributed by atoms with van der Waals surface area (Å²) in [5, 5.41) is 15.3. The summed E-state index contributed by atoms with van der Waals surface area (Å²) >= 11 is 0. The van der Waals surface area contributed by atoms with E-state index in [0.717, 1.165) is 11.1 Å². The lowest BCUT2D eigenvalue weighted by molar-refractivity contribution is 0.0698. The lowest BCUT2D eigenvalue weighted by atomic mass is 9.81. The Labute approximate surface area is 305 Å². The maximum atomic E-state index is 13.1. The quantitative estimate of drug-likeness (QED) is 0.105. The lowest BCUT2D eigenvalue weighted by Crippen LogP contribution is -2.30. The minimum atomic E-state index is -1.06. The van der Waals surface area contributed by atoms with Crippen LogP contribution in [-0.2, 0) is 16.7 Å². The number of aromatic nitrogens is 4. The molecule has 53 heavy (non-hydrogen) atoms. The van der Waals surface area contributed by atoms with Gasteiger partial charge < -0.3 is 39.5 Å². The van der Waals surface area contributed by atoms with Crippen molar-refractivity contribution in [2.45, 2.75) is 32.2 Å². The van der Waals surface area contributed by atoms with Crippen LogP contribution in [0.15, 0.2) is 85.2 Å². The number of fused-ring (bicyclic) bond motifs is 2. The van der Waals surface area contributed by atoms with Gasteiger partial charge in [-0.15, -0.1) is 0 Å². The number of hydrogen-bond donors (Lipinski definition) is 4. The second-order valence-corrected chi connectivity index (χ2v) is 12.6. The summed E-state index contributed by atoms with van der Waals surface area (Å²) in [4.78, 5) is 47.6. The molecule has 13 nitrogen and oxygen atoms in total. The van der Waals surface area contributed by atoms with Gasteiger partial charge in [-0.05, 0) is 78.1 Å². The average Bonchev–Trinajstić information content (AvgIpc) is 3.76. The third-order valence-corrected chi connectivity index (χ3v) is 8.69. The van der Waals surface area contributed by atoms with E-state index in [9.17, 15) is 18.8 Å². The third kappa shape index (κ3) is 9.15. The molecule has 2 amide bonds. The first-order valence-corrected chi connectivity index (χ1v) is 16.7. The first-order valence-electron chi connectivity index (χ1n) is 16.7. The smallest absolute Gasteiger partial charge is 0.337 e.